The Morgan fingerprint density at radius 2 is 0.929 bits per heavy atom. The van der Waals surface area contributed by atoms with E-state index in [1.165, 1.54) is 32.7 Å². The van der Waals surface area contributed by atoms with Crippen LogP contribution in [0.4, 0.5) is 0 Å². The summed E-state index contributed by atoms with van der Waals surface area (Å²) < 4.78 is 0. The minimum atomic E-state index is 0.833. The number of unbranched alkanes of at least 4 members (excludes halogenated alkanes) is 3. The van der Waals surface area contributed by atoms with Gasteiger partial charge < -0.3 is 5.73 Å². The fraction of sp³-hybridized carbons (Fsp3) is 1.00. The highest BCUT2D eigenvalue weighted by molar-refractivity contribution is 4.31. The molecule has 0 aliphatic heterocycles. The second-order valence-electron chi connectivity index (χ2n) is 3.44. The molecule has 0 spiro atoms. The van der Waals surface area contributed by atoms with Gasteiger partial charge in [-0.2, -0.15) is 0 Å². The van der Waals surface area contributed by atoms with Crippen molar-refractivity contribution < 1.29 is 0 Å². The van der Waals surface area contributed by atoms with Crippen LogP contribution in [0.15, 0.2) is 0 Å². The predicted octanol–water partition coefficient (Wildman–Crippen LogP) is 4.85. The molecule has 0 saturated heterocycles. The van der Waals surface area contributed by atoms with E-state index in [0.29, 0.717) is 0 Å². The maximum atomic E-state index is 4.50. The molecule has 0 radical (unpaired) electrons. The average Bonchev–Trinajstić information content (AvgIpc) is 2.20. The Morgan fingerprint density at radius 1 is 0.786 bits per heavy atom. The van der Waals surface area contributed by atoms with E-state index in [1.54, 1.807) is 0 Å². The average molecular weight is 205 g/mol. The first-order valence-electron chi connectivity index (χ1n) is 6.22. The third-order valence-corrected chi connectivity index (χ3v) is 0.957. The standard InChI is InChI=1S/C6H14.C4H10.C2H6.CH5N/c1-3-5-6-4-2;1-4(2)3;2*1-2/h3-6H2,1-2H3;4H,1-3H3;1-2H3;2H2,1H3. The molecule has 0 aliphatic carbocycles. The SMILES string of the molecule is CC.CC(C)C.CCCCCC.CN. The van der Waals surface area contributed by atoms with Gasteiger partial charge in [-0.25, -0.2) is 0 Å². The molecule has 0 aromatic rings. The molecular weight excluding hydrogens is 170 g/mol. The molecule has 0 heterocycles. The van der Waals surface area contributed by atoms with Gasteiger partial charge in [0.2, 0.25) is 0 Å². The van der Waals surface area contributed by atoms with Crippen LogP contribution in [-0.4, -0.2) is 7.05 Å². The van der Waals surface area contributed by atoms with Crippen molar-refractivity contribution >= 4 is 0 Å². The summed E-state index contributed by atoms with van der Waals surface area (Å²) in [6.45, 7) is 15.0. The lowest BCUT2D eigenvalue weighted by molar-refractivity contribution is 0.702. The highest BCUT2D eigenvalue weighted by Gasteiger charge is 1.75. The Balaban J connectivity index is -0.0000000546. The highest BCUT2D eigenvalue weighted by atomic mass is 14.4. The second-order valence-corrected chi connectivity index (χ2v) is 3.44. The number of hydrogen-bond donors (Lipinski definition) is 1. The first-order chi connectivity index (χ1) is 6.65. The monoisotopic (exact) mass is 205 g/mol. The largest absolute Gasteiger partial charge is 0.333 e. The molecule has 14 heavy (non-hydrogen) atoms. The summed E-state index contributed by atoms with van der Waals surface area (Å²) in [5.41, 5.74) is 4.50. The van der Waals surface area contributed by atoms with Gasteiger partial charge in [-0.05, 0) is 13.0 Å². The summed E-state index contributed by atoms with van der Waals surface area (Å²) in [6, 6.07) is 0. The van der Waals surface area contributed by atoms with Gasteiger partial charge in [0.1, 0.15) is 0 Å². The van der Waals surface area contributed by atoms with E-state index in [2.05, 4.69) is 40.4 Å². The zero-order valence-electron chi connectivity index (χ0n) is 12.0. The van der Waals surface area contributed by atoms with Gasteiger partial charge >= 0.3 is 0 Å². The Hall–Kier alpha value is -0.0400. The molecule has 0 fully saturated rings. The van der Waals surface area contributed by atoms with Crippen molar-refractivity contribution in [3.05, 3.63) is 0 Å². The molecule has 2 N–H and O–H groups in total. The Labute approximate surface area is 93.5 Å². The van der Waals surface area contributed by atoms with E-state index in [-0.39, 0.29) is 0 Å². The normalized spacial score (nSPS) is 7.29. The van der Waals surface area contributed by atoms with Crippen molar-refractivity contribution in [2.24, 2.45) is 11.7 Å². The van der Waals surface area contributed by atoms with Gasteiger partial charge in [0.05, 0.1) is 0 Å². The molecule has 0 amide bonds. The smallest absolute Gasteiger partial charge is 0.0195 e. The van der Waals surface area contributed by atoms with Crippen LogP contribution in [0.3, 0.4) is 0 Å². The molecule has 0 rings (SSSR count). The van der Waals surface area contributed by atoms with Gasteiger partial charge in [-0.1, -0.05) is 74.1 Å². The van der Waals surface area contributed by atoms with Crippen molar-refractivity contribution in [3.8, 4) is 0 Å². The van der Waals surface area contributed by atoms with Crippen LogP contribution in [0.1, 0.15) is 74.1 Å². The molecule has 0 aliphatic rings. The van der Waals surface area contributed by atoms with Gasteiger partial charge in [0.15, 0.2) is 0 Å². The molecule has 1 nitrogen and oxygen atoms in total. The minimum absolute atomic E-state index is 0.833. The van der Waals surface area contributed by atoms with Gasteiger partial charge in [0, 0.05) is 0 Å². The topological polar surface area (TPSA) is 26.0 Å². The molecule has 92 valence electrons. The van der Waals surface area contributed by atoms with Crippen molar-refractivity contribution in [2.45, 2.75) is 74.1 Å². The summed E-state index contributed by atoms with van der Waals surface area (Å²) in [6.07, 6.45) is 5.54. The van der Waals surface area contributed by atoms with Gasteiger partial charge in [-0.15, -0.1) is 0 Å². The summed E-state index contributed by atoms with van der Waals surface area (Å²) in [5.74, 6) is 0.833. The molecule has 0 saturated carbocycles. The molecule has 0 aromatic carbocycles. The Morgan fingerprint density at radius 3 is 1.00 bits per heavy atom. The number of nitrogens with two attached hydrogens (primary N) is 1. The maximum absolute atomic E-state index is 4.50. The molecule has 0 atom stereocenters. The van der Waals surface area contributed by atoms with Crippen molar-refractivity contribution in [2.75, 3.05) is 7.05 Å². The third-order valence-electron chi connectivity index (χ3n) is 0.957. The maximum Gasteiger partial charge on any atom is -0.0195 e. The fourth-order valence-electron chi connectivity index (χ4n) is 0.500. The molecule has 0 unspecified atom stereocenters. The summed E-state index contributed by atoms with van der Waals surface area (Å²) >= 11 is 0. The molecule has 1 heteroatoms. The van der Waals surface area contributed by atoms with Gasteiger partial charge in [0.25, 0.3) is 0 Å². The van der Waals surface area contributed by atoms with Crippen molar-refractivity contribution in [3.63, 3.8) is 0 Å². The third kappa shape index (κ3) is 164. The van der Waals surface area contributed by atoms with E-state index < -0.39 is 0 Å². The van der Waals surface area contributed by atoms with Crippen LogP contribution in [0.5, 0.6) is 0 Å². The number of rotatable bonds is 3. The lowest BCUT2D eigenvalue weighted by Crippen LogP contribution is -1.69. The Kier molecular flexibility index (Phi) is 64.6. The Bertz CT molecular complexity index is 35.7. The second kappa shape index (κ2) is 38.3. The van der Waals surface area contributed by atoms with Crippen LogP contribution in [0.25, 0.3) is 0 Å². The fourth-order valence-corrected chi connectivity index (χ4v) is 0.500. The minimum Gasteiger partial charge on any atom is -0.333 e. The van der Waals surface area contributed by atoms with E-state index in [4.69, 9.17) is 0 Å². The van der Waals surface area contributed by atoms with Crippen molar-refractivity contribution in [1.29, 1.82) is 0 Å². The summed E-state index contributed by atoms with van der Waals surface area (Å²) in [7, 11) is 1.50. The van der Waals surface area contributed by atoms with Crippen LogP contribution in [-0.2, 0) is 0 Å². The highest BCUT2D eigenvalue weighted by Crippen LogP contribution is 1.95. The van der Waals surface area contributed by atoms with E-state index in [1.807, 2.05) is 13.8 Å². The van der Waals surface area contributed by atoms with E-state index in [0.717, 1.165) is 5.92 Å². The number of hydrogen-bond acceptors (Lipinski definition) is 1. The summed E-state index contributed by atoms with van der Waals surface area (Å²) in [4.78, 5) is 0. The van der Waals surface area contributed by atoms with Gasteiger partial charge in [-0.3, -0.25) is 0 Å². The predicted molar refractivity (Wildman–Crippen MR) is 71.8 cm³/mol. The van der Waals surface area contributed by atoms with Crippen molar-refractivity contribution in [1.82, 2.24) is 0 Å². The lowest BCUT2D eigenvalue weighted by Gasteiger charge is -1.86. The van der Waals surface area contributed by atoms with E-state index >= 15 is 0 Å². The van der Waals surface area contributed by atoms with Crippen LogP contribution in [0.2, 0.25) is 0 Å². The lowest BCUT2D eigenvalue weighted by atomic mass is 10.2. The molecular formula is C13H35N. The van der Waals surface area contributed by atoms with E-state index in [9.17, 15) is 0 Å². The zero-order valence-corrected chi connectivity index (χ0v) is 12.0. The first-order valence-corrected chi connectivity index (χ1v) is 6.22. The van der Waals surface area contributed by atoms with Crippen LogP contribution in [0, 0.1) is 5.92 Å². The van der Waals surface area contributed by atoms with Crippen LogP contribution >= 0.6 is 0 Å². The quantitative estimate of drug-likeness (QED) is 0.655. The zero-order chi connectivity index (χ0) is 12.4. The molecule has 0 bridgehead atoms. The first kappa shape index (κ1) is 23.6. The molecule has 0 aromatic heterocycles. The van der Waals surface area contributed by atoms with Crippen LogP contribution < -0.4 is 5.73 Å². The summed E-state index contributed by atoms with van der Waals surface area (Å²) in [5, 5.41) is 0.